The standard InChI is InChI=1S/C39H41O9/c1-43-36-25-27(15-21-34(36)47-38-11-5-7-23-45-38)13-18-32(41)30(17-20-31(40)29-9-3-4-10-29)33(42)19-14-28-16-22-35(37(26-28)44-2)48-39-12-6-8-24-46-39/h3-4,9-10,13-22,25-26,38-39,41H,5-8,11-12,23-24H2,1-2H3/b18-13+,19-14+,20-17+,32-30-. The molecule has 0 aromatic heterocycles. The van der Waals surface area contributed by atoms with E-state index < -0.39 is 5.78 Å². The van der Waals surface area contributed by atoms with Crippen molar-refractivity contribution in [2.75, 3.05) is 27.4 Å². The Labute approximate surface area is 282 Å². The molecule has 1 N–H and O–H groups in total. The van der Waals surface area contributed by atoms with Gasteiger partial charge in [0.25, 0.3) is 0 Å². The van der Waals surface area contributed by atoms with Gasteiger partial charge in [-0.05, 0) is 111 Å². The molecule has 2 heterocycles. The zero-order chi connectivity index (χ0) is 33.7. The van der Waals surface area contributed by atoms with Gasteiger partial charge in [-0.15, -0.1) is 0 Å². The number of benzene rings is 2. The highest BCUT2D eigenvalue weighted by atomic mass is 16.7. The third-order valence-corrected chi connectivity index (χ3v) is 7.92. The van der Waals surface area contributed by atoms with Crippen molar-refractivity contribution in [2.24, 2.45) is 0 Å². The molecule has 2 aromatic carbocycles. The minimum atomic E-state index is -0.507. The van der Waals surface area contributed by atoms with Crippen molar-refractivity contribution in [1.82, 2.24) is 0 Å². The van der Waals surface area contributed by atoms with E-state index in [1.807, 2.05) is 6.07 Å². The summed E-state index contributed by atoms with van der Waals surface area (Å²) in [7, 11) is 3.09. The zero-order valence-corrected chi connectivity index (χ0v) is 27.3. The zero-order valence-electron chi connectivity index (χ0n) is 27.3. The van der Waals surface area contributed by atoms with Crippen molar-refractivity contribution in [2.45, 2.75) is 51.1 Å². The second-order valence-electron chi connectivity index (χ2n) is 11.3. The Bertz CT molecular complexity index is 1520. The molecular weight excluding hydrogens is 612 g/mol. The Kier molecular flexibility index (Phi) is 12.9. The number of carbonyl (C=O) groups is 2. The molecule has 1 saturated carbocycles. The van der Waals surface area contributed by atoms with Gasteiger partial charge < -0.3 is 33.5 Å². The minimum Gasteiger partial charge on any atom is -0.507 e. The summed E-state index contributed by atoms with van der Waals surface area (Å²) in [6, 6.07) is 10.7. The van der Waals surface area contributed by atoms with E-state index in [-0.39, 0.29) is 29.7 Å². The topological polar surface area (TPSA) is 110 Å². The molecule has 5 radical (unpaired) electrons. The van der Waals surface area contributed by atoms with Crippen molar-refractivity contribution in [1.29, 1.82) is 0 Å². The lowest BCUT2D eigenvalue weighted by Crippen LogP contribution is -2.25. The first-order valence-electron chi connectivity index (χ1n) is 16.1. The first-order chi connectivity index (χ1) is 23.4. The quantitative estimate of drug-likeness (QED) is 0.129. The molecule has 2 saturated heterocycles. The normalized spacial score (nSPS) is 21.0. The molecule has 3 aliphatic rings. The van der Waals surface area contributed by atoms with Crippen molar-refractivity contribution >= 4 is 23.7 Å². The maximum atomic E-state index is 13.5. The monoisotopic (exact) mass is 653 g/mol. The summed E-state index contributed by atoms with van der Waals surface area (Å²) < 4.78 is 34.4. The summed E-state index contributed by atoms with van der Waals surface area (Å²) in [5.74, 6) is 1.46. The van der Waals surface area contributed by atoms with Gasteiger partial charge in [0.2, 0.25) is 0 Å². The van der Waals surface area contributed by atoms with E-state index in [1.165, 1.54) is 24.3 Å². The van der Waals surface area contributed by atoms with Crippen LogP contribution in [0.2, 0.25) is 0 Å². The Balaban J connectivity index is 1.34. The summed E-state index contributed by atoms with van der Waals surface area (Å²) in [5, 5.41) is 11.1. The van der Waals surface area contributed by atoms with Crippen molar-refractivity contribution in [3.63, 3.8) is 0 Å². The molecule has 0 amide bonds. The fourth-order valence-corrected chi connectivity index (χ4v) is 5.28. The van der Waals surface area contributed by atoms with Crippen molar-refractivity contribution in [3.05, 3.63) is 115 Å². The van der Waals surface area contributed by atoms with Crippen LogP contribution in [0.3, 0.4) is 0 Å². The molecule has 0 spiro atoms. The molecule has 0 bridgehead atoms. The summed E-state index contributed by atoms with van der Waals surface area (Å²) in [5.41, 5.74) is 1.31. The lowest BCUT2D eigenvalue weighted by molar-refractivity contribution is -0.112. The minimum absolute atomic E-state index is 0.0647. The smallest absolute Gasteiger partial charge is 0.200 e. The van der Waals surface area contributed by atoms with Gasteiger partial charge in [0, 0.05) is 12.8 Å². The molecule has 2 unspecified atom stereocenters. The second-order valence-corrected chi connectivity index (χ2v) is 11.3. The van der Waals surface area contributed by atoms with Gasteiger partial charge in [0.15, 0.2) is 47.1 Å². The van der Waals surface area contributed by atoms with E-state index in [0.717, 1.165) is 38.5 Å². The number of hydrogen-bond acceptors (Lipinski definition) is 9. The van der Waals surface area contributed by atoms with Crippen LogP contribution in [-0.4, -0.2) is 56.7 Å². The van der Waals surface area contributed by atoms with Gasteiger partial charge in [0.05, 0.1) is 38.9 Å². The van der Waals surface area contributed by atoms with Crippen LogP contribution in [0.25, 0.3) is 12.2 Å². The number of hydrogen-bond donors (Lipinski definition) is 1. The number of ketones is 2. The fourth-order valence-electron chi connectivity index (χ4n) is 5.28. The van der Waals surface area contributed by atoms with E-state index >= 15 is 0 Å². The molecule has 251 valence electrons. The summed E-state index contributed by atoms with van der Waals surface area (Å²) in [4.78, 5) is 26.2. The Morgan fingerprint density at radius 3 is 1.75 bits per heavy atom. The van der Waals surface area contributed by atoms with E-state index in [1.54, 1.807) is 82.4 Å². The highest BCUT2D eigenvalue weighted by Crippen LogP contribution is 2.33. The number of methoxy groups -OCH3 is 2. The second kappa shape index (κ2) is 17.7. The molecule has 1 aliphatic carbocycles. The van der Waals surface area contributed by atoms with Gasteiger partial charge in [-0.1, -0.05) is 24.3 Å². The number of ether oxygens (including phenoxy) is 6. The predicted molar refractivity (Wildman–Crippen MR) is 182 cm³/mol. The molecule has 9 nitrogen and oxygen atoms in total. The van der Waals surface area contributed by atoms with E-state index in [2.05, 4.69) is 0 Å². The van der Waals surface area contributed by atoms with Crippen LogP contribution in [0.4, 0.5) is 0 Å². The first kappa shape index (κ1) is 35.0. The predicted octanol–water partition coefficient (Wildman–Crippen LogP) is 7.15. The molecule has 48 heavy (non-hydrogen) atoms. The van der Waals surface area contributed by atoms with E-state index in [0.29, 0.717) is 53.3 Å². The average Bonchev–Trinajstić information content (AvgIpc) is 3.67. The SMILES string of the molecule is COc1cc(/C=C/C(=O)C(/C=C/C(=O)[C]2[CH][CH][CH][CH]2)=C(O)/C=C/c2ccc(OC3CCCCO3)c(OC)c2)ccc1OC1CCCCO1. The highest BCUT2D eigenvalue weighted by molar-refractivity contribution is 6.11. The van der Waals surface area contributed by atoms with Crippen LogP contribution in [0.15, 0.2) is 72.0 Å². The van der Waals surface area contributed by atoms with Crippen LogP contribution in [0.5, 0.6) is 23.0 Å². The highest BCUT2D eigenvalue weighted by Gasteiger charge is 2.23. The molecule has 9 heteroatoms. The van der Waals surface area contributed by atoms with Crippen molar-refractivity contribution < 1.29 is 43.1 Å². The van der Waals surface area contributed by atoms with Crippen molar-refractivity contribution in [3.8, 4) is 23.0 Å². The lowest BCUT2D eigenvalue weighted by atomic mass is 10.00. The molecule has 2 aliphatic heterocycles. The van der Waals surface area contributed by atoms with Crippen LogP contribution >= 0.6 is 0 Å². The van der Waals surface area contributed by atoms with Gasteiger partial charge in [0.1, 0.15) is 5.76 Å². The summed E-state index contributed by atoms with van der Waals surface area (Å²) >= 11 is 0. The number of allylic oxidation sites excluding steroid dienone is 5. The molecule has 5 rings (SSSR count). The summed E-state index contributed by atoms with van der Waals surface area (Å²) in [6.07, 6.45) is 20.5. The number of aliphatic hydroxyl groups excluding tert-OH is 1. The third-order valence-electron chi connectivity index (χ3n) is 7.92. The molecule has 3 fully saturated rings. The van der Waals surface area contributed by atoms with Crippen LogP contribution < -0.4 is 18.9 Å². The van der Waals surface area contributed by atoms with Gasteiger partial charge in [-0.25, -0.2) is 0 Å². The maximum absolute atomic E-state index is 13.5. The van der Waals surface area contributed by atoms with E-state index in [9.17, 15) is 14.7 Å². The number of rotatable bonds is 14. The lowest BCUT2D eigenvalue weighted by Gasteiger charge is -2.24. The Morgan fingerprint density at radius 1 is 0.708 bits per heavy atom. The van der Waals surface area contributed by atoms with Gasteiger partial charge >= 0.3 is 0 Å². The molecule has 2 aromatic rings. The Hall–Kier alpha value is -4.34. The maximum Gasteiger partial charge on any atom is 0.200 e. The van der Waals surface area contributed by atoms with E-state index in [4.69, 9.17) is 28.4 Å². The largest absolute Gasteiger partial charge is 0.507 e. The van der Waals surface area contributed by atoms with Gasteiger partial charge in [-0.2, -0.15) is 0 Å². The molecule has 2 atom stereocenters. The average molecular weight is 654 g/mol. The number of aliphatic hydroxyl groups is 1. The number of carbonyl (C=O) groups excluding carboxylic acids is 2. The Morgan fingerprint density at radius 2 is 1.25 bits per heavy atom. The van der Waals surface area contributed by atoms with Crippen LogP contribution in [-0.2, 0) is 19.1 Å². The van der Waals surface area contributed by atoms with Crippen LogP contribution in [0, 0.1) is 31.6 Å². The van der Waals surface area contributed by atoms with Gasteiger partial charge in [-0.3, -0.25) is 9.59 Å². The first-order valence-corrected chi connectivity index (χ1v) is 16.1. The molecular formula is C39H41O9. The summed E-state index contributed by atoms with van der Waals surface area (Å²) in [6.45, 7) is 1.32. The van der Waals surface area contributed by atoms with Crippen LogP contribution in [0.1, 0.15) is 49.7 Å². The fraction of sp³-hybridized carbons (Fsp3) is 0.308. The third kappa shape index (κ3) is 9.84.